The number of rotatable bonds is 1. The van der Waals surface area contributed by atoms with Crippen molar-refractivity contribution in [2.45, 2.75) is 26.7 Å². The zero-order valence-corrected chi connectivity index (χ0v) is 6.53. The van der Waals surface area contributed by atoms with Gasteiger partial charge in [-0.15, -0.1) is 11.8 Å². The molecule has 0 heterocycles. The first-order valence-electron chi connectivity index (χ1n) is 2.93. The summed E-state index contributed by atoms with van der Waals surface area (Å²) < 4.78 is 0. The van der Waals surface area contributed by atoms with Crippen LogP contribution in [0.5, 0.6) is 0 Å². The van der Waals surface area contributed by atoms with Crippen LogP contribution in [0, 0.1) is 6.92 Å². The van der Waals surface area contributed by atoms with E-state index in [1.807, 2.05) is 0 Å². The van der Waals surface area contributed by atoms with Crippen molar-refractivity contribution in [1.29, 1.82) is 0 Å². The molecule has 0 atom stereocenters. The maximum absolute atomic E-state index is 2.14. The average molecular weight is 170 g/mol. The lowest BCUT2D eigenvalue weighted by Gasteiger charge is -1.93. The molecule has 0 amide bonds. The third-order valence-electron chi connectivity index (χ3n) is 1.26. The van der Waals surface area contributed by atoms with Gasteiger partial charge in [0.15, 0.2) is 0 Å². The van der Waals surface area contributed by atoms with Crippen molar-refractivity contribution < 1.29 is 0 Å². The molecule has 0 N–H and O–H groups in total. The lowest BCUT2D eigenvalue weighted by Crippen LogP contribution is -1.70. The fraction of sp³-hybridized carbons (Fsp3) is 0.400. The lowest BCUT2D eigenvalue weighted by atomic mass is 10.2. The van der Waals surface area contributed by atoms with Crippen molar-refractivity contribution in [2.75, 3.05) is 6.26 Å². The second kappa shape index (κ2) is 6.29. The Labute approximate surface area is 75.0 Å². The van der Waals surface area contributed by atoms with Crippen LogP contribution in [0.1, 0.15) is 20.4 Å². The molecule has 0 aliphatic heterocycles. The van der Waals surface area contributed by atoms with E-state index in [9.17, 15) is 0 Å². The first-order valence-corrected chi connectivity index (χ1v) is 4.16. The predicted octanol–water partition coefficient (Wildman–Crippen LogP) is 3.99. The molecule has 0 radical (unpaired) electrons. The Hall–Kier alpha value is -0.430. The Morgan fingerprint density at radius 3 is 1.82 bits per heavy atom. The van der Waals surface area contributed by atoms with Gasteiger partial charge in [-0.25, -0.2) is 0 Å². The molecule has 0 fully saturated rings. The fourth-order valence-electron chi connectivity index (χ4n) is 0.674. The maximum atomic E-state index is 2.14. The van der Waals surface area contributed by atoms with Gasteiger partial charge in [-0.2, -0.15) is 0 Å². The van der Waals surface area contributed by atoms with Gasteiger partial charge in [0.25, 0.3) is 0 Å². The molecule has 11 heavy (non-hydrogen) atoms. The topological polar surface area (TPSA) is 0 Å². The van der Waals surface area contributed by atoms with E-state index in [-0.39, 0.29) is 14.9 Å². The zero-order valence-electron chi connectivity index (χ0n) is 5.72. The molecule has 0 nitrogen and oxygen atoms in total. The number of hydrogen-bond acceptors (Lipinski definition) is 1. The van der Waals surface area contributed by atoms with E-state index >= 15 is 0 Å². The third-order valence-corrected chi connectivity index (χ3v) is 2.00. The van der Waals surface area contributed by atoms with Gasteiger partial charge >= 0.3 is 0 Å². The van der Waals surface area contributed by atoms with Crippen molar-refractivity contribution in [3.05, 3.63) is 29.8 Å². The van der Waals surface area contributed by atoms with Crippen LogP contribution in [0.15, 0.2) is 29.2 Å². The van der Waals surface area contributed by atoms with Crippen LogP contribution in [0.2, 0.25) is 0 Å². The minimum atomic E-state index is 0. The fourth-order valence-corrected chi connectivity index (χ4v) is 1.08. The van der Waals surface area contributed by atoms with Crippen LogP contribution in [0.3, 0.4) is 0 Å². The summed E-state index contributed by atoms with van der Waals surface area (Å²) in [6.07, 6.45) is 2.09. The van der Waals surface area contributed by atoms with Crippen LogP contribution in [-0.4, -0.2) is 6.26 Å². The number of thioether (sulfide) groups is 1. The summed E-state index contributed by atoms with van der Waals surface area (Å²) >= 11 is 1.78. The minimum Gasteiger partial charge on any atom is -0.130 e. The van der Waals surface area contributed by atoms with E-state index in [1.54, 1.807) is 11.8 Å². The smallest absolute Gasteiger partial charge is 0.00693 e. The Morgan fingerprint density at radius 2 is 1.45 bits per heavy atom. The second-order valence-corrected chi connectivity index (χ2v) is 2.90. The molecule has 1 heteroatoms. The zero-order chi connectivity index (χ0) is 6.69. The van der Waals surface area contributed by atoms with E-state index in [0.29, 0.717) is 0 Å². The first-order chi connectivity index (χ1) is 4.33. The summed E-state index contributed by atoms with van der Waals surface area (Å²) in [5, 5.41) is 0. The second-order valence-electron chi connectivity index (χ2n) is 2.02. The van der Waals surface area contributed by atoms with Crippen LogP contribution < -0.4 is 0 Å². The molecule has 0 aliphatic rings. The van der Waals surface area contributed by atoms with Gasteiger partial charge in [0.1, 0.15) is 0 Å². The third kappa shape index (κ3) is 4.10. The average Bonchev–Trinajstić information content (AvgIpc) is 1.90. The number of benzene rings is 1. The standard InChI is InChI=1S/C8H10S.2CH4/c1-7-3-5-8(9-2)6-4-7;;/h3-6H,1-2H3;2*1H4. The van der Waals surface area contributed by atoms with E-state index in [0.717, 1.165) is 0 Å². The highest BCUT2D eigenvalue weighted by Gasteiger charge is 1.85. The summed E-state index contributed by atoms with van der Waals surface area (Å²) in [6, 6.07) is 8.54. The van der Waals surface area contributed by atoms with E-state index in [4.69, 9.17) is 0 Å². The Morgan fingerprint density at radius 1 is 1.00 bits per heavy atom. The molecule has 0 unspecified atom stereocenters. The SMILES string of the molecule is C.C.CSc1ccc(C)cc1. The molecule has 64 valence electrons. The number of aryl methyl sites for hydroxylation is 1. The Kier molecular flexibility index (Phi) is 7.54. The summed E-state index contributed by atoms with van der Waals surface area (Å²) in [5.41, 5.74) is 1.33. The highest BCUT2D eigenvalue weighted by molar-refractivity contribution is 7.98. The molecule has 0 saturated carbocycles. The first kappa shape index (κ1) is 13.2. The Balaban J connectivity index is 0. The lowest BCUT2D eigenvalue weighted by molar-refractivity contribution is 1.38. The Bertz CT molecular complexity index is 177. The van der Waals surface area contributed by atoms with Gasteiger partial charge < -0.3 is 0 Å². The van der Waals surface area contributed by atoms with Crippen molar-refractivity contribution in [1.82, 2.24) is 0 Å². The highest BCUT2D eigenvalue weighted by atomic mass is 32.2. The molecular formula is C10H18S. The van der Waals surface area contributed by atoms with Crippen molar-refractivity contribution in [3.63, 3.8) is 0 Å². The van der Waals surface area contributed by atoms with Gasteiger partial charge in [-0.3, -0.25) is 0 Å². The van der Waals surface area contributed by atoms with Crippen molar-refractivity contribution in [2.24, 2.45) is 0 Å². The summed E-state index contributed by atoms with van der Waals surface area (Å²) in [7, 11) is 0. The van der Waals surface area contributed by atoms with E-state index in [1.165, 1.54) is 10.5 Å². The number of hydrogen-bond donors (Lipinski definition) is 0. The molecule has 1 aromatic carbocycles. The summed E-state index contributed by atoms with van der Waals surface area (Å²) in [6.45, 7) is 2.10. The van der Waals surface area contributed by atoms with Crippen molar-refractivity contribution in [3.8, 4) is 0 Å². The van der Waals surface area contributed by atoms with Gasteiger partial charge in [-0.05, 0) is 25.3 Å². The minimum absolute atomic E-state index is 0. The van der Waals surface area contributed by atoms with Gasteiger partial charge in [0.2, 0.25) is 0 Å². The molecule has 1 rings (SSSR count). The maximum Gasteiger partial charge on any atom is 0.00693 e. The molecule has 0 spiro atoms. The largest absolute Gasteiger partial charge is 0.130 e. The molecule has 0 saturated heterocycles. The quantitative estimate of drug-likeness (QED) is 0.574. The molecule has 0 aliphatic carbocycles. The molecule has 0 bridgehead atoms. The summed E-state index contributed by atoms with van der Waals surface area (Å²) in [5.74, 6) is 0. The highest BCUT2D eigenvalue weighted by Crippen LogP contribution is 2.13. The van der Waals surface area contributed by atoms with Gasteiger partial charge in [0.05, 0.1) is 0 Å². The van der Waals surface area contributed by atoms with Crippen molar-refractivity contribution >= 4 is 11.8 Å². The summed E-state index contributed by atoms with van der Waals surface area (Å²) in [4.78, 5) is 1.33. The van der Waals surface area contributed by atoms with Crippen LogP contribution >= 0.6 is 11.8 Å². The van der Waals surface area contributed by atoms with Crippen LogP contribution in [0.25, 0.3) is 0 Å². The monoisotopic (exact) mass is 170 g/mol. The molecule has 0 aromatic heterocycles. The van der Waals surface area contributed by atoms with E-state index < -0.39 is 0 Å². The van der Waals surface area contributed by atoms with Gasteiger partial charge in [0, 0.05) is 4.90 Å². The predicted molar refractivity (Wildman–Crippen MR) is 56.4 cm³/mol. The molecule has 1 aromatic rings. The van der Waals surface area contributed by atoms with Gasteiger partial charge in [-0.1, -0.05) is 32.5 Å². The normalized spacial score (nSPS) is 7.82. The van der Waals surface area contributed by atoms with Crippen LogP contribution in [0.4, 0.5) is 0 Å². The van der Waals surface area contributed by atoms with E-state index in [2.05, 4.69) is 37.4 Å². The molecular weight excluding hydrogens is 152 g/mol. The van der Waals surface area contributed by atoms with Crippen LogP contribution in [-0.2, 0) is 0 Å².